The van der Waals surface area contributed by atoms with Crippen LogP contribution in [0.1, 0.15) is 406 Å². The third kappa shape index (κ3) is 61.9. The third-order valence-electron chi connectivity index (χ3n) is 16.7. The van der Waals surface area contributed by atoms with Crippen LogP contribution in [-0.4, -0.2) is 47.4 Å². The first-order chi connectivity index (χ1) is 37.0. The molecule has 2 atom stereocenters. The first kappa shape index (κ1) is 73.9. The molecule has 0 spiro atoms. The number of hydrogen-bond acceptors (Lipinski definition) is 5. The van der Waals surface area contributed by atoms with Gasteiger partial charge in [-0.05, 0) is 25.7 Å². The molecule has 0 saturated heterocycles. The minimum absolute atomic E-state index is 0.0219. The van der Waals surface area contributed by atoms with Crippen molar-refractivity contribution < 1.29 is 24.5 Å². The van der Waals surface area contributed by atoms with Crippen LogP contribution >= 0.6 is 0 Å². The van der Waals surface area contributed by atoms with Crippen LogP contribution in [0.4, 0.5) is 0 Å². The number of ether oxygens (including phenoxy) is 1. The fourth-order valence-corrected chi connectivity index (χ4v) is 11.4. The first-order valence-electron chi connectivity index (χ1n) is 34.8. The monoisotopic (exact) mass is 1060 g/mol. The Morgan fingerprint density at radius 1 is 0.320 bits per heavy atom. The van der Waals surface area contributed by atoms with Gasteiger partial charge in [-0.15, -0.1) is 0 Å². The SMILES string of the molecule is CCCCCCCCCCCCCCCCCCC(O)C(CO)NC(=O)CCCCCCCCCCCCCCCCCCCCCCCCCCCCCCCCOC(=O)CCCCCCCCCCCCCC. The zero-order valence-corrected chi connectivity index (χ0v) is 51.3. The highest BCUT2D eigenvalue weighted by Gasteiger charge is 2.20. The molecule has 0 saturated carbocycles. The van der Waals surface area contributed by atoms with Gasteiger partial charge in [0.15, 0.2) is 0 Å². The Morgan fingerprint density at radius 2 is 0.547 bits per heavy atom. The summed E-state index contributed by atoms with van der Waals surface area (Å²) in [6.07, 6.45) is 78.7. The summed E-state index contributed by atoms with van der Waals surface area (Å²) >= 11 is 0. The molecule has 0 aromatic rings. The zero-order valence-electron chi connectivity index (χ0n) is 51.3. The predicted molar refractivity (Wildman–Crippen MR) is 329 cm³/mol. The van der Waals surface area contributed by atoms with Crippen molar-refractivity contribution in [1.29, 1.82) is 0 Å². The second kappa shape index (κ2) is 65.4. The van der Waals surface area contributed by atoms with E-state index in [0.717, 1.165) is 38.5 Å². The summed E-state index contributed by atoms with van der Waals surface area (Å²) in [5.41, 5.74) is 0. The Morgan fingerprint density at radius 3 is 0.813 bits per heavy atom. The van der Waals surface area contributed by atoms with E-state index in [4.69, 9.17) is 4.74 Å². The summed E-state index contributed by atoms with van der Waals surface area (Å²) in [6.45, 7) is 5.00. The zero-order chi connectivity index (χ0) is 54.3. The summed E-state index contributed by atoms with van der Waals surface area (Å²) in [5, 5.41) is 23.4. The number of rotatable bonds is 66. The van der Waals surface area contributed by atoms with Crippen molar-refractivity contribution in [2.24, 2.45) is 0 Å². The molecule has 1 amide bonds. The summed E-state index contributed by atoms with van der Waals surface area (Å²) < 4.78 is 5.48. The van der Waals surface area contributed by atoms with Gasteiger partial charge in [0, 0.05) is 12.8 Å². The summed E-state index contributed by atoms with van der Waals surface area (Å²) in [5.74, 6) is -0.00514. The molecule has 0 bridgehead atoms. The number of esters is 1. The maximum Gasteiger partial charge on any atom is 0.305 e. The molecule has 0 heterocycles. The molecule has 0 aromatic carbocycles. The third-order valence-corrected chi connectivity index (χ3v) is 16.7. The van der Waals surface area contributed by atoms with Gasteiger partial charge < -0.3 is 20.3 Å². The van der Waals surface area contributed by atoms with Gasteiger partial charge in [-0.25, -0.2) is 0 Å². The van der Waals surface area contributed by atoms with Crippen LogP contribution in [0.3, 0.4) is 0 Å². The minimum atomic E-state index is -0.660. The van der Waals surface area contributed by atoms with E-state index in [1.54, 1.807) is 0 Å². The number of amides is 1. The highest BCUT2D eigenvalue weighted by atomic mass is 16.5. The van der Waals surface area contributed by atoms with Crippen LogP contribution in [0.15, 0.2) is 0 Å². The van der Waals surface area contributed by atoms with E-state index >= 15 is 0 Å². The van der Waals surface area contributed by atoms with Crippen molar-refractivity contribution in [2.45, 2.75) is 418 Å². The Balaban J connectivity index is 3.32. The van der Waals surface area contributed by atoms with E-state index in [1.165, 1.54) is 334 Å². The van der Waals surface area contributed by atoms with Crippen molar-refractivity contribution in [2.75, 3.05) is 13.2 Å². The Labute approximate surface area is 470 Å². The molecule has 0 aromatic heterocycles. The van der Waals surface area contributed by atoms with Gasteiger partial charge in [0.05, 0.1) is 25.4 Å². The molecule has 75 heavy (non-hydrogen) atoms. The minimum Gasteiger partial charge on any atom is -0.466 e. The maximum absolute atomic E-state index is 12.5. The number of unbranched alkanes of at least 4 members (excludes halogenated alkanes) is 55. The maximum atomic E-state index is 12.5. The number of nitrogens with one attached hydrogen (secondary N) is 1. The fourth-order valence-electron chi connectivity index (χ4n) is 11.4. The van der Waals surface area contributed by atoms with Crippen molar-refractivity contribution in [3.8, 4) is 0 Å². The molecule has 0 rings (SSSR count). The van der Waals surface area contributed by atoms with Crippen molar-refractivity contribution in [3.05, 3.63) is 0 Å². The normalized spacial score (nSPS) is 12.4. The summed E-state index contributed by atoms with van der Waals surface area (Å²) in [6, 6.07) is -0.537. The summed E-state index contributed by atoms with van der Waals surface area (Å²) in [4.78, 5) is 24.5. The molecule has 0 aliphatic carbocycles. The average Bonchev–Trinajstić information content (AvgIpc) is 3.41. The van der Waals surface area contributed by atoms with Crippen molar-refractivity contribution in [1.82, 2.24) is 5.32 Å². The molecular formula is C69H137NO5. The van der Waals surface area contributed by atoms with Gasteiger partial charge in [-0.1, -0.05) is 367 Å². The van der Waals surface area contributed by atoms with E-state index in [9.17, 15) is 19.8 Å². The lowest BCUT2D eigenvalue weighted by atomic mass is 10.0. The quantitative estimate of drug-likeness (QED) is 0.0417. The lowest BCUT2D eigenvalue weighted by Gasteiger charge is -2.22. The molecule has 0 radical (unpaired) electrons. The second-order valence-corrected chi connectivity index (χ2v) is 24.2. The van der Waals surface area contributed by atoms with Gasteiger partial charge in [-0.3, -0.25) is 9.59 Å². The van der Waals surface area contributed by atoms with E-state index in [1.807, 2.05) is 0 Å². The Bertz CT molecular complexity index is 1080. The van der Waals surface area contributed by atoms with Crippen LogP contribution < -0.4 is 5.32 Å². The molecule has 3 N–H and O–H groups in total. The Kier molecular flexibility index (Phi) is 64.4. The Hall–Kier alpha value is -1.14. The van der Waals surface area contributed by atoms with Crippen molar-refractivity contribution >= 4 is 11.9 Å². The van der Waals surface area contributed by atoms with Gasteiger partial charge in [0.2, 0.25) is 5.91 Å². The average molecular weight is 1060 g/mol. The number of hydrogen-bond donors (Lipinski definition) is 3. The molecular weight excluding hydrogens is 923 g/mol. The highest BCUT2D eigenvalue weighted by Crippen LogP contribution is 2.19. The molecule has 2 unspecified atom stereocenters. The van der Waals surface area contributed by atoms with Crippen LogP contribution in [0.5, 0.6) is 0 Å². The lowest BCUT2D eigenvalue weighted by Crippen LogP contribution is -2.45. The second-order valence-electron chi connectivity index (χ2n) is 24.2. The van der Waals surface area contributed by atoms with Crippen molar-refractivity contribution in [3.63, 3.8) is 0 Å². The number of aliphatic hydroxyl groups is 2. The highest BCUT2D eigenvalue weighted by molar-refractivity contribution is 5.76. The smallest absolute Gasteiger partial charge is 0.305 e. The topological polar surface area (TPSA) is 95.9 Å². The number of carbonyl (C=O) groups is 2. The first-order valence-corrected chi connectivity index (χ1v) is 34.8. The predicted octanol–water partition coefficient (Wildman–Crippen LogP) is 22.2. The van der Waals surface area contributed by atoms with Gasteiger partial charge >= 0.3 is 5.97 Å². The summed E-state index contributed by atoms with van der Waals surface area (Å²) in [7, 11) is 0. The van der Waals surface area contributed by atoms with Crippen LogP contribution in [-0.2, 0) is 14.3 Å². The van der Waals surface area contributed by atoms with E-state index < -0.39 is 12.1 Å². The van der Waals surface area contributed by atoms with E-state index in [2.05, 4.69) is 19.2 Å². The molecule has 6 heteroatoms. The standard InChI is InChI=1S/C69H137NO5/c1-3-5-7-9-11-13-15-17-18-35-38-41-45-49-53-57-61-67(72)66(65-71)70-68(73)62-58-54-50-46-42-39-36-33-31-29-27-25-23-21-19-20-22-24-26-28-30-32-34-37-40-44-48-52-56-60-64-75-69(74)63-59-55-51-47-43-16-14-12-10-8-6-4-2/h66-67,71-72H,3-65H2,1-2H3,(H,70,73). The van der Waals surface area contributed by atoms with E-state index in [0.29, 0.717) is 25.9 Å². The van der Waals surface area contributed by atoms with Crippen LogP contribution in [0.25, 0.3) is 0 Å². The van der Waals surface area contributed by atoms with Gasteiger partial charge in [-0.2, -0.15) is 0 Å². The number of aliphatic hydroxyl groups excluding tert-OH is 2. The molecule has 0 fully saturated rings. The number of carbonyl (C=O) groups excluding carboxylic acids is 2. The van der Waals surface area contributed by atoms with E-state index in [-0.39, 0.29) is 18.5 Å². The lowest BCUT2D eigenvalue weighted by molar-refractivity contribution is -0.143. The van der Waals surface area contributed by atoms with Gasteiger partial charge in [0.25, 0.3) is 0 Å². The van der Waals surface area contributed by atoms with Crippen LogP contribution in [0, 0.1) is 0 Å². The van der Waals surface area contributed by atoms with Gasteiger partial charge in [0.1, 0.15) is 0 Å². The largest absolute Gasteiger partial charge is 0.466 e. The molecule has 0 aliphatic heterocycles. The van der Waals surface area contributed by atoms with Crippen LogP contribution in [0.2, 0.25) is 0 Å². The molecule has 6 nitrogen and oxygen atoms in total. The molecule has 0 aliphatic rings. The molecule has 448 valence electrons. The fraction of sp³-hybridized carbons (Fsp3) is 0.971.